The van der Waals surface area contributed by atoms with Crippen LogP contribution < -0.4 is 5.32 Å². The highest BCUT2D eigenvalue weighted by Crippen LogP contribution is 2.04. The molecule has 0 radical (unpaired) electrons. The van der Waals surface area contributed by atoms with Crippen molar-refractivity contribution >= 4 is 11.8 Å². The lowest BCUT2D eigenvalue weighted by Gasteiger charge is -2.35. The van der Waals surface area contributed by atoms with E-state index in [0.29, 0.717) is 45.2 Å². The van der Waals surface area contributed by atoms with E-state index < -0.39 is 0 Å². The maximum atomic E-state index is 12.0. The summed E-state index contributed by atoms with van der Waals surface area (Å²) in [5.41, 5.74) is 0. The van der Waals surface area contributed by atoms with E-state index in [0.717, 1.165) is 6.54 Å². The Labute approximate surface area is 122 Å². The van der Waals surface area contributed by atoms with Gasteiger partial charge in [0.2, 0.25) is 11.8 Å². The Morgan fingerprint density at radius 2 is 1.55 bits per heavy atom. The van der Waals surface area contributed by atoms with Gasteiger partial charge >= 0.3 is 0 Å². The molecule has 116 valence electrons. The average molecular weight is 284 g/mol. The van der Waals surface area contributed by atoms with Gasteiger partial charge in [0.25, 0.3) is 0 Å². The van der Waals surface area contributed by atoms with Crippen LogP contribution in [0, 0.1) is 0 Å². The molecule has 0 bridgehead atoms. The maximum Gasteiger partial charge on any atom is 0.236 e. The Morgan fingerprint density at radius 3 is 2.00 bits per heavy atom. The van der Waals surface area contributed by atoms with E-state index in [1.807, 2.05) is 28.8 Å². The van der Waals surface area contributed by atoms with Crippen molar-refractivity contribution in [1.82, 2.24) is 20.0 Å². The van der Waals surface area contributed by atoms with Crippen molar-refractivity contribution < 1.29 is 9.59 Å². The predicted molar refractivity (Wildman–Crippen MR) is 79.5 cm³/mol. The topological polar surface area (TPSA) is 55.9 Å². The minimum Gasteiger partial charge on any atom is -0.339 e. The van der Waals surface area contributed by atoms with Gasteiger partial charge in [0.05, 0.1) is 6.54 Å². The van der Waals surface area contributed by atoms with Crippen LogP contribution in [0.2, 0.25) is 0 Å². The zero-order valence-electron chi connectivity index (χ0n) is 13.2. The normalized spacial score (nSPS) is 16.1. The number of piperazine rings is 1. The molecule has 6 nitrogen and oxygen atoms in total. The third kappa shape index (κ3) is 5.88. The van der Waals surface area contributed by atoms with Crippen molar-refractivity contribution in [3.8, 4) is 0 Å². The standard InChI is InChI=1S/C14H28N4O2/c1-12(2)15-6-5-13(19)17-7-9-18(10-8-17)14(20)11-16(3)4/h12,15H,5-11H2,1-4H3. The molecule has 0 aromatic rings. The van der Waals surface area contributed by atoms with Gasteiger partial charge in [-0.25, -0.2) is 0 Å². The molecule has 0 atom stereocenters. The average Bonchev–Trinajstić information content (AvgIpc) is 2.37. The van der Waals surface area contributed by atoms with Gasteiger partial charge in [-0.15, -0.1) is 0 Å². The number of hydrogen-bond acceptors (Lipinski definition) is 4. The summed E-state index contributed by atoms with van der Waals surface area (Å²) in [4.78, 5) is 29.5. The van der Waals surface area contributed by atoms with Gasteiger partial charge in [0.1, 0.15) is 0 Å². The summed E-state index contributed by atoms with van der Waals surface area (Å²) in [6.45, 7) is 7.90. The zero-order chi connectivity index (χ0) is 15.1. The van der Waals surface area contributed by atoms with E-state index in [9.17, 15) is 9.59 Å². The van der Waals surface area contributed by atoms with Crippen LogP contribution in [0.25, 0.3) is 0 Å². The lowest BCUT2D eigenvalue weighted by atomic mass is 10.2. The largest absolute Gasteiger partial charge is 0.339 e. The molecule has 2 amide bonds. The minimum atomic E-state index is 0.142. The summed E-state index contributed by atoms with van der Waals surface area (Å²) >= 11 is 0. The summed E-state index contributed by atoms with van der Waals surface area (Å²) < 4.78 is 0. The Morgan fingerprint density at radius 1 is 1.05 bits per heavy atom. The third-order valence-electron chi connectivity index (χ3n) is 3.33. The second kappa shape index (κ2) is 8.21. The molecular weight excluding hydrogens is 256 g/mol. The van der Waals surface area contributed by atoms with Crippen LogP contribution in [0.3, 0.4) is 0 Å². The molecule has 0 spiro atoms. The second-order valence-electron chi connectivity index (χ2n) is 5.86. The van der Waals surface area contributed by atoms with E-state index in [1.54, 1.807) is 0 Å². The fourth-order valence-corrected chi connectivity index (χ4v) is 2.20. The molecule has 0 aliphatic carbocycles. The highest BCUT2D eigenvalue weighted by molar-refractivity contribution is 5.79. The SMILES string of the molecule is CC(C)NCCC(=O)N1CCN(C(=O)CN(C)C)CC1. The molecule has 1 aliphatic rings. The van der Waals surface area contributed by atoms with Crippen LogP contribution in [0.5, 0.6) is 0 Å². The maximum absolute atomic E-state index is 12.0. The molecule has 1 saturated heterocycles. The smallest absolute Gasteiger partial charge is 0.236 e. The molecule has 0 unspecified atom stereocenters. The van der Waals surface area contributed by atoms with Gasteiger partial charge < -0.3 is 20.0 Å². The summed E-state index contributed by atoms with van der Waals surface area (Å²) in [6.07, 6.45) is 0.532. The van der Waals surface area contributed by atoms with E-state index >= 15 is 0 Å². The van der Waals surface area contributed by atoms with Gasteiger partial charge in [-0.2, -0.15) is 0 Å². The van der Waals surface area contributed by atoms with E-state index in [4.69, 9.17) is 0 Å². The van der Waals surface area contributed by atoms with Gasteiger partial charge in [0, 0.05) is 45.2 Å². The number of likely N-dealkylation sites (N-methyl/N-ethyl adjacent to an activating group) is 1. The Bertz CT molecular complexity index is 323. The molecule has 1 N–H and O–H groups in total. The van der Waals surface area contributed by atoms with Crippen LogP contribution in [-0.2, 0) is 9.59 Å². The van der Waals surface area contributed by atoms with Crippen LogP contribution in [0.4, 0.5) is 0 Å². The number of hydrogen-bond donors (Lipinski definition) is 1. The van der Waals surface area contributed by atoms with Crippen molar-refractivity contribution in [3.05, 3.63) is 0 Å². The second-order valence-corrected chi connectivity index (χ2v) is 5.86. The van der Waals surface area contributed by atoms with Crippen LogP contribution in [0.15, 0.2) is 0 Å². The predicted octanol–water partition coefficient (Wildman–Crippen LogP) is -0.393. The fourth-order valence-electron chi connectivity index (χ4n) is 2.20. The van der Waals surface area contributed by atoms with Crippen LogP contribution in [0.1, 0.15) is 20.3 Å². The first-order valence-corrected chi connectivity index (χ1v) is 7.34. The quantitative estimate of drug-likeness (QED) is 0.721. The molecule has 6 heteroatoms. The summed E-state index contributed by atoms with van der Waals surface area (Å²) in [5.74, 6) is 0.321. The van der Waals surface area contributed by atoms with Gasteiger partial charge in [-0.3, -0.25) is 9.59 Å². The molecular formula is C14H28N4O2. The number of nitrogens with zero attached hydrogens (tertiary/aromatic N) is 3. The van der Waals surface area contributed by atoms with Gasteiger partial charge in [-0.05, 0) is 14.1 Å². The first kappa shape index (κ1) is 16.9. The lowest BCUT2D eigenvalue weighted by molar-refractivity contribution is -0.139. The summed E-state index contributed by atoms with van der Waals surface area (Å²) in [7, 11) is 3.78. The van der Waals surface area contributed by atoms with E-state index in [2.05, 4.69) is 19.2 Å². The molecule has 20 heavy (non-hydrogen) atoms. The first-order valence-electron chi connectivity index (χ1n) is 7.34. The molecule has 1 fully saturated rings. The Balaban J connectivity index is 2.27. The van der Waals surface area contributed by atoms with Crippen molar-refractivity contribution in [2.75, 3.05) is 53.4 Å². The fraction of sp³-hybridized carbons (Fsp3) is 0.857. The van der Waals surface area contributed by atoms with Gasteiger partial charge in [0.15, 0.2) is 0 Å². The monoisotopic (exact) mass is 284 g/mol. The molecule has 1 aliphatic heterocycles. The number of carbonyl (C=O) groups excluding carboxylic acids is 2. The lowest BCUT2D eigenvalue weighted by Crippen LogP contribution is -2.52. The van der Waals surface area contributed by atoms with Gasteiger partial charge in [-0.1, -0.05) is 13.8 Å². The summed E-state index contributed by atoms with van der Waals surface area (Å²) in [6, 6.07) is 0.406. The molecule has 0 aromatic heterocycles. The highest BCUT2D eigenvalue weighted by Gasteiger charge is 2.23. The van der Waals surface area contributed by atoms with Crippen molar-refractivity contribution in [2.24, 2.45) is 0 Å². The third-order valence-corrected chi connectivity index (χ3v) is 3.33. The summed E-state index contributed by atoms with van der Waals surface area (Å²) in [5, 5.41) is 3.25. The van der Waals surface area contributed by atoms with Crippen LogP contribution >= 0.6 is 0 Å². The first-order chi connectivity index (χ1) is 9.40. The minimum absolute atomic E-state index is 0.142. The number of nitrogens with one attached hydrogen (secondary N) is 1. The van der Waals surface area contributed by atoms with Crippen molar-refractivity contribution in [3.63, 3.8) is 0 Å². The van der Waals surface area contributed by atoms with Crippen molar-refractivity contribution in [2.45, 2.75) is 26.3 Å². The number of amides is 2. The number of carbonyl (C=O) groups is 2. The van der Waals surface area contributed by atoms with Crippen LogP contribution in [-0.4, -0.2) is 85.9 Å². The van der Waals surface area contributed by atoms with E-state index in [-0.39, 0.29) is 11.8 Å². The highest BCUT2D eigenvalue weighted by atomic mass is 16.2. The molecule has 0 saturated carbocycles. The van der Waals surface area contributed by atoms with E-state index in [1.165, 1.54) is 0 Å². The molecule has 0 aromatic carbocycles. The van der Waals surface area contributed by atoms with Crippen molar-refractivity contribution in [1.29, 1.82) is 0 Å². The Kier molecular flexibility index (Phi) is 6.95. The zero-order valence-corrected chi connectivity index (χ0v) is 13.2. The number of rotatable bonds is 6. The molecule has 1 heterocycles. The Hall–Kier alpha value is -1.14. The molecule has 1 rings (SSSR count).